The van der Waals surface area contributed by atoms with Crippen molar-refractivity contribution < 1.29 is 9.84 Å². The zero-order valence-corrected chi connectivity index (χ0v) is 6.00. The van der Waals surface area contributed by atoms with Gasteiger partial charge >= 0.3 is 0 Å². The lowest BCUT2D eigenvalue weighted by Gasteiger charge is -2.17. The van der Waals surface area contributed by atoms with E-state index in [-0.39, 0.29) is 12.5 Å². The van der Waals surface area contributed by atoms with Crippen LogP contribution < -0.4 is 0 Å². The monoisotopic (exact) mass is 141 g/mol. The highest BCUT2D eigenvalue weighted by Crippen LogP contribution is 2.26. The summed E-state index contributed by atoms with van der Waals surface area (Å²) in [5.74, 6) is -0.00231. The van der Waals surface area contributed by atoms with E-state index < -0.39 is 5.60 Å². The maximum Gasteiger partial charge on any atom is 0.179 e. The number of hydrogen-bond acceptors (Lipinski definition) is 3. The first-order chi connectivity index (χ1) is 4.73. The number of nitriles is 1. The molecule has 3 heteroatoms. The summed E-state index contributed by atoms with van der Waals surface area (Å²) in [6.45, 7) is 2.63. The lowest BCUT2D eigenvalue weighted by Crippen LogP contribution is -2.34. The maximum absolute atomic E-state index is 9.47. The predicted molar refractivity (Wildman–Crippen MR) is 35.2 cm³/mol. The zero-order valence-electron chi connectivity index (χ0n) is 6.00. The summed E-state index contributed by atoms with van der Waals surface area (Å²) < 4.78 is 4.98. The van der Waals surface area contributed by atoms with Gasteiger partial charge in [-0.2, -0.15) is 5.26 Å². The van der Waals surface area contributed by atoms with E-state index in [2.05, 4.69) is 0 Å². The Morgan fingerprint density at radius 2 is 2.60 bits per heavy atom. The molecular weight excluding hydrogens is 130 g/mol. The number of nitrogens with zero attached hydrogens (tertiary/aromatic N) is 1. The summed E-state index contributed by atoms with van der Waals surface area (Å²) in [6, 6.07) is 1.87. The van der Waals surface area contributed by atoms with Crippen molar-refractivity contribution in [3.8, 4) is 6.07 Å². The quantitative estimate of drug-likeness (QED) is 0.534. The molecule has 1 saturated heterocycles. The molecule has 1 aliphatic heterocycles. The molecule has 1 rings (SSSR count). The zero-order chi connectivity index (χ0) is 7.61. The molecule has 2 atom stereocenters. The highest BCUT2D eigenvalue weighted by Gasteiger charge is 2.41. The van der Waals surface area contributed by atoms with Gasteiger partial charge in [0.1, 0.15) is 6.07 Å². The van der Waals surface area contributed by atoms with Gasteiger partial charge in [0.25, 0.3) is 0 Å². The minimum Gasteiger partial charge on any atom is -0.377 e. The highest BCUT2D eigenvalue weighted by molar-refractivity contribution is 5.07. The standard InChI is InChI=1S/C7H11NO2/c1-2-6-3-10-5-7(6,9)4-8/h6,9H,2-3,5H2,1H3. The maximum atomic E-state index is 9.47. The van der Waals surface area contributed by atoms with Gasteiger partial charge in [0, 0.05) is 5.92 Å². The Balaban J connectivity index is 2.68. The van der Waals surface area contributed by atoms with Crippen molar-refractivity contribution in [3.63, 3.8) is 0 Å². The molecule has 0 aromatic heterocycles. The van der Waals surface area contributed by atoms with Gasteiger partial charge in [-0.1, -0.05) is 6.92 Å². The molecule has 1 fully saturated rings. The van der Waals surface area contributed by atoms with Crippen molar-refractivity contribution in [2.24, 2.45) is 5.92 Å². The van der Waals surface area contributed by atoms with Crippen LogP contribution in [0.3, 0.4) is 0 Å². The van der Waals surface area contributed by atoms with E-state index in [1.807, 2.05) is 13.0 Å². The normalized spacial score (nSPS) is 39.5. The van der Waals surface area contributed by atoms with E-state index in [9.17, 15) is 5.11 Å². The first kappa shape index (κ1) is 7.52. The summed E-state index contributed by atoms with van der Waals surface area (Å²) in [7, 11) is 0. The van der Waals surface area contributed by atoms with Crippen LogP contribution in [0, 0.1) is 17.2 Å². The molecule has 1 N–H and O–H groups in total. The van der Waals surface area contributed by atoms with Crippen LogP contribution >= 0.6 is 0 Å². The molecule has 0 aliphatic carbocycles. The Morgan fingerprint density at radius 3 is 3.00 bits per heavy atom. The molecule has 0 aromatic carbocycles. The molecule has 0 saturated carbocycles. The van der Waals surface area contributed by atoms with Gasteiger partial charge in [0.05, 0.1) is 13.2 Å². The average Bonchev–Trinajstić information content (AvgIpc) is 2.32. The van der Waals surface area contributed by atoms with Crippen LogP contribution in [-0.2, 0) is 4.74 Å². The Bertz CT molecular complexity index is 163. The Labute approximate surface area is 60.2 Å². The molecular formula is C7H11NO2. The topological polar surface area (TPSA) is 53.2 Å². The SMILES string of the molecule is CCC1COCC1(O)C#N. The van der Waals surface area contributed by atoms with E-state index >= 15 is 0 Å². The molecule has 2 unspecified atom stereocenters. The summed E-state index contributed by atoms with van der Waals surface area (Å²) in [5.41, 5.74) is -1.21. The fraction of sp³-hybridized carbons (Fsp3) is 0.857. The molecule has 56 valence electrons. The first-order valence-corrected chi connectivity index (χ1v) is 3.44. The van der Waals surface area contributed by atoms with Crippen LogP contribution in [0.25, 0.3) is 0 Å². The second-order valence-electron chi connectivity index (χ2n) is 2.66. The fourth-order valence-corrected chi connectivity index (χ4v) is 1.19. The van der Waals surface area contributed by atoms with Crippen molar-refractivity contribution in [3.05, 3.63) is 0 Å². The van der Waals surface area contributed by atoms with Gasteiger partial charge in [-0.3, -0.25) is 0 Å². The third-order valence-electron chi connectivity index (χ3n) is 2.00. The number of rotatable bonds is 1. The number of aliphatic hydroxyl groups is 1. The Hall–Kier alpha value is -0.590. The summed E-state index contributed by atoms with van der Waals surface area (Å²) in [5, 5.41) is 18.0. The lowest BCUT2D eigenvalue weighted by atomic mass is 9.90. The summed E-state index contributed by atoms with van der Waals surface area (Å²) in [4.78, 5) is 0. The van der Waals surface area contributed by atoms with Gasteiger partial charge in [0.15, 0.2) is 5.60 Å². The number of ether oxygens (including phenoxy) is 1. The van der Waals surface area contributed by atoms with Gasteiger partial charge in [-0.25, -0.2) is 0 Å². The molecule has 0 spiro atoms. The van der Waals surface area contributed by atoms with Crippen molar-refractivity contribution in [1.29, 1.82) is 5.26 Å². The second kappa shape index (κ2) is 2.57. The van der Waals surface area contributed by atoms with Crippen LogP contribution in [-0.4, -0.2) is 23.9 Å². The molecule has 0 bridgehead atoms. The van der Waals surface area contributed by atoms with Crippen molar-refractivity contribution in [1.82, 2.24) is 0 Å². The smallest absolute Gasteiger partial charge is 0.179 e. The van der Waals surface area contributed by atoms with E-state index in [0.717, 1.165) is 6.42 Å². The van der Waals surface area contributed by atoms with Crippen molar-refractivity contribution >= 4 is 0 Å². The first-order valence-electron chi connectivity index (χ1n) is 3.44. The van der Waals surface area contributed by atoms with Crippen LogP contribution in [0.4, 0.5) is 0 Å². The predicted octanol–water partition coefficient (Wildman–Crippen LogP) is 0.297. The Morgan fingerprint density at radius 1 is 1.90 bits per heavy atom. The van der Waals surface area contributed by atoms with Gasteiger partial charge < -0.3 is 9.84 Å². The molecule has 0 aromatic rings. The third-order valence-corrected chi connectivity index (χ3v) is 2.00. The molecule has 1 heterocycles. The Kier molecular flexibility index (Phi) is 1.93. The highest BCUT2D eigenvalue weighted by atomic mass is 16.5. The van der Waals surface area contributed by atoms with Crippen molar-refractivity contribution in [2.75, 3.05) is 13.2 Å². The minimum absolute atomic E-state index is 0.00231. The van der Waals surface area contributed by atoms with Crippen molar-refractivity contribution in [2.45, 2.75) is 18.9 Å². The number of hydrogen-bond donors (Lipinski definition) is 1. The molecule has 10 heavy (non-hydrogen) atoms. The van der Waals surface area contributed by atoms with Crippen LogP contribution in [0.1, 0.15) is 13.3 Å². The van der Waals surface area contributed by atoms with Gasteiger partial charge in [-0.15, -0.1) is 0 Å². The van der Waals surface area contributed by atoms with Crippen LogP contribution in [0.2, 0.25) is 0 Å². The van der Waals surface area contributed by atoms with E-state index in [4.69, 9.17) is 10.00 Å². The fourth-order valence-electron chi connectivity index (χ4n) is 1.19. The van der Waals surface area contributed by atoms with E-state index in [0.29, 0.717) is 6.61 Å². The second-order valence-corrected chi connectivity index (χ2v) is 2.66. The summed E-state index contributed by atoms with van der Waals surface area (Å²) in [6.07, 6.45) is 0.796. The van der Waals surface area contributed by atoms with Gasteiger partial charge in [0.2, 0.25) is 0 Å². The third kappa shape index (κ3) is 1.00. The minimum atomic E-state index is -1.21. The molecule has 1 aliphatic rings. The average molecular weight is 141 g/mol. The molecule has 0 radical (unpaired) electrons. The van der Waals surface area contributed by atoms with Crippen LogP contribution in [0.5, 0.6) is 0 Å². The van der Waals surface area contributed by atoms with Crippen LogP contribution in [0.15, 0.2) is 0 Å². The van der Waals surface area contributed by atoms with E-state index in [1.54, 1.807) is 0 Å². The largest absolute Gasteiger partial charge is 0.377 e. The van der Waals surface area contributed by atoms with E-state index in [1.165, 1.54) is 0 Å². The molecule has 3 nitrogen and oxygen atoms in total. The lowest BCUT2D eigenvalue weighted by molar-refractivity contribution is 0.0532. The summed E-state index contributed by atoms with van der Waals surface area (Å²) >= 11 is 0. The van der Waals surface area contributed by atoms with Gasteiger partial charge in [-0.05, 0) is 6.42 Å². The molecule has 0 amide bonds.